The van der Waals surface area contributed by atoms with Gasteiger partial charge in [0.15, 0.2) is 11.5 Å². The highest BCUT2D eigenvalue weighted by Gasteiger charge is 2.34. The molecule has 1 atom stereocenters. The van der Waals surface area contributed by atoms with Crippen LogP contribution >= 0.6 is 0 Å². The second-order valence-corrected chi connectivity index (χ2v) is 6.88. The Morgan fingerprint density at radius 3 is 2.61 bits per heavy atom. The lowest BCUT2D eigenvalue weighted by molar-refractivity contribution is -0.141. The third kappa shape index (κ3) is 3.55. The molecule has 28 heavy (non-hydrogen) atoms. The van der Waals surface area contributed by atoms with Crippen LogP contribution in [0.1, 0.15) is 42.0 Å². The minimum absolute atomic E-state index is 0.0962. The summed E-state index contributed by atoms with van der Waals surface area (Å²) >= 11 is 0. The highest BCUT2D eigenvalue weighted by atomic mass is 16.7. The van der Waals surface area contributed by atoms with Crippen LogP contribution in [0.25, 0.3) is 0 Å². The molecule has 2 aromatic carbocycles. The maximum atomic E-state index is 12.7. The molecule has 0 saturated carbocycles. The molecule has 0 saturated heterocycles. The van der Waals surface area contributed by atoms with Crippen LogP contribution in [-0.2, 0) is 9.59 Å². The molecule has 2 aliphatic rings. The van der Waals surface area contributed by atoms with Crippen LogP contribution in [0.3, 0.4) is 0 Å². The second kappa shape index (κ2) is 7.34. The highest BCUT2D eigenvalue weighted by molar-refractivity contribution is 6.03. The molecule has 2 heterocycles. The number of aliphatic carboxylic acids is 1. The number of hydrazone groups is 1. The molecule has 144 valence electrons. The van der Waals surface area contributed by atoms with Crippen LogP contribution in [0.5, 0.6) is 11.5 Å². The van der Waals surface area contributed by atoms with Crippen molar-refractivity contribution in [1.29, 1.82) is 0 Å². The molecule has 0 unspecified atom stereocenters. The molecule has 4 rings (SSSR count). The maximum Gasteiger partial charge on any atom is 0.303 e. The summed E-state index contributed by atoms with van der Waals surface area (Å²) < 4.78 is 10.8. The van der Waals surface area contributed by atoms with E-state index in [-0.39, 0.29) is 31.6 Å². The van der Waals surface area contributed by atoms with Gasteiger partial charge in [0.1, 0.15) is 0 Å². The predicted molar refractivity (Wildman–Crippen MR) is 101 cm³/mol. The molecule has 7 nitrogen and oxygen atoms in total. The molecule has 1 N–H and O–H groups in total. The second-order valence-electron chi connectivity index (χ2n) is 6.88. The Morgan fingerprint density at radius 1 is 1.11 bits per heavy atom. The van der Waals surface area contributed by atoms with Crippen molar-refractivity contribution in [2.24, 2.45) is 5.10 Å². The summed E-state index contributed by atoms with van der Waals surface area (Å²) in [5.74, 6) is -0.00788. The van der Waals surface area contributed by atoms with E-state index in [1.54, 1.807) is 0 Å². The lowest BCUT2D eigenvalue weighted by Gasteiger charge is -2.22. The van der Waals surface area contributed by atoms with Crippen molar-refractivity contribution in [3.05, 3.63) is 59.2 Å². The summed E-state index contributed by atoms with van der Waals surface area (Å²) in [5, 5.41) is 14.9. The van der Waals surface area contributed by atoms with E-state index in [0.717, 1.165) is 22.4 Å². The zero-order valence-electron chi connectivity index (χ0n) is 15.4. The maximum absolute atomic E-state index is 12.7. The van der Waals surface area contributed by atoms with E-state index in [2.05, 4.69) is 5.10 Å². The fraction of sp³-hybridized carbons (Fsp3) is 0.286. The molecule has 2 aromatic rings. The number of carbonyl (C=O) groups excluding carboxylic acids is 1. The van der Waals surface area contributed by atoms with Gasteiger partial charge in [-0.05, 0) is 30.2 Å². The van der Waals surface area contributed by atoms with Crippen molar-refractivity contribution in [3.8, 4) is 11.5 Å². The van der Waals surface area contributed by atoms with Crippen molar-refractivity contribution >= 4 is 17.6 Å². The summed E-state index contributed by atoms with van der Waals surface area (Å²) in [5.41, 5.74) is 3.76. The van der Waals surface area contributed by atoms with Crippen molar-refractivity contribution < 1.29 is 24.2 Å². The van der Waals surface area contributed by atoms with Crippen molar-refractivity contribution in [2.75, 3.05) is 6.79 Å². The molecular formula is C21H20N2O5. The van der Waals surface area contributed by atoms with Gasteiger partial charge in [0.05, 0.1) is 18.2 Å². The molecular weight excluding hydrogens is 360 g/mol. The van der Waals surface area contributed by atoms with Gasteiger partial charge in [-0.2, -0.15) is 5.10 Å². The number of carboxylic acid groups (broad SMARTS) is 1. The number of carboxylic acids is 1. The van der Waals surface area contributed by atoms with Crippen LogP contribution in [0, 0.1) is 6.92 Å². The third-order valence-electron chi connectivity index (χ3n) is 4.88. The molecule has 0 fully saturated rings. The number of ether oxygens (including phenoxy) is 2. The normalized spacial score (nSPS) is 17.5. The van der Waals surface area contributed by atoms with Crippen LogP contribution in [0.4, 0.5) is 0 Å². The van der Waals surface area contributed by atoms with E-state index >= 15 is 0 Å². The van der Waals surface area contributed by atoms with E-state index in [0.29, 0.717) is 17.9 Å². The van der Waals surface area contributed by atoms with Gasteiger partial charge in [-0.1, -0.05) is 35.9 Å². The van der Waals surface area contributed by atoms with Gasteiger partial charge < -0.3 is 14.6 Å². The number of aryl methyl sites for hydroxylation is 1. The smallest absolute Gasteiger partial charge is 0.303 e. The van der Waals surface area contributed by atoms with E-state index < -0.39 is 5.97 Å². The molecule has 0 radical (unpaired) electrons. The predicted octanol–water partition coefficient (Wildman–Crippen LogP) is 3.27. The topological polar surface area (TPSA) is 88.4 Å². The minimum atomic E-state index is -1.00. The number of benzene rings is 2. The van der Waals surface area contributed by atoms with Gasteiger partial charge in [0.2, 0.25) is 12.7 Å². The van der Waals surface area contributed by atoms with Gasteiger partial charge in [-0.3, -0.25) is 9.59 Å². The van der Waals surface area contributed by atoms with Crippen molar-refractivity contribution in [1.82, 2.24) is 5.01 Å². The Balaban J connectivity index is 1.64. The van der Waals surface area contributed by atoms with Gasteiger partial charge in [0.25, 0.3) is 0 Å². The number of carbonyl (C=O) groups is 2. The Hall–Kier alpha value is -3.35. The van der Waals surface area contributed by atoms with Gasteiger partial charge in [-0.15, -0.1) is 0 Å². The standard InChI is InChI=1S/C21H20N2O5/c1-13-2-4-14(5-3-13)16-11-17(23(22-16)20(24)8-9-21(25)26)15-6-7-18-19(10-15)28-12-27-18/h2-7,10,17H,8-9,11-12H2,1H3,(H,25,26)/t17-/m1/s1. The number of hydrogen-bond acceptors (Lipinski definition) is 5. The zero-order valence-corrected chi connectivity index (χ0v) is 15.4. The Labute approximate surface area is 162 Å². The lowest BCUT2D eigenvalue weighted by Crippen LogP contribution is -2.27. The highest BCUT2D eigenvalue weighted by Crippen LogP contribution is 2.39. The molecule has 0 spiro atoms. The summed E-state index contributed by atoms with van der Waals surface area (Å²) in [6.07, 6.45) is 0.223. The van der Waals surface area contributed by atoms with Gasteiger partial charge in [-0.25, -0.2) is 5.01 Å². The van der Waals surface area contributed by atoms with Crippen LogP contribution < -0.4 is 9.47 Å². The Kier molecular flexibility index (Phi) is 4.73. The van der Waals surface area contributed by atoms with Crippen LogP contribution in [0.2, 0.25) is 0 Å². The first-order chi connectivity index (χ1) is 13.5. The average molecular weight is 380 g/mol. The van der Waals surface area contributed by atoms with E-state index in [4.69, 9.17) is 14.6 Å². The van der Waals surface area contributed by atoms with Crippen molar-refractivity contribution in [3.63, 3.8) is 0 Å². The van der Waals surface area contributed by atoms with E-state index in [1.165, 1.54) is 5.01 Å². The summed E-state index contributed by atoms with van der Waals surface area (Å²) in [6, 6.07) is 13.2. The zero-order chi connectivity index (χ0) is 19.7. The lowest BCUT2D eigenvalue weighted by atomic mass is 9.97. The van der Waals surface area contributed by atoms with E-state index in [9.17, 15) is 9.59 Å². The average Bonchev–Trinajstić information content (AvgIpc) is 3.33. The first kappa shape index (κ1) is 18.0. The van der Waals surface area contributed by atoms with Gasteiger partial charge in [0, 0.05) is 12.8 Å². The monoisotopic (exact) mass is 380 g/mol. The van der Waals surface area contributed by atoms with Crippen LogP contribution in [-0.4, -0.2) is 34.5 Å². The first-order valence-corrected chi connectivity index (χ1v) is 9.09. The number of fused-ring (bicyclic) bond motifs is 1. The number of rotatable bonds is 5. The SMILES string of the molecule is Cc1ccc(C2=NN(C(=O)CCC(=O)O)[C@@H](c3ccc4c(c3)OCO4)C2)cc1. The Bertz CT molecular complexity index is 952. The number of hydrogen-bond donors (Lipinski definition) is 1. The first-order valence-electron chi connectivity index (χ1n) is 9.09. The summed E-state index contributed by atoms with van der Waals surface area (Å²) in [4.78, 5) is 23.6. The third-order valence-corrected chi connectivity index (χ3v) is 4.88. The molecule has 2 aliphatic heterocycles. The fourth-order valence-electron chi connectivity index (χ4n) is 3.37. The number of nitrogens with zero attached hydrogens (tertiary/aromatic N) is 2. The summed E-state index contributed by atoms with van der Waals surface area (Å²) in [6.45, 7) is 2.19. The molecule has 0 aromatic heterocycles. The molecule has 0 bridgehead atoms. The molecule has 1 amide bonds. The molecule has 7 heteroatoms. The van der Waals surface area contributed by atoms with Crippen LogP contribution in [0.15, 0.2) is 47.6 Å². The number of amides is 1. The molecule has 0 aliphatic carbocycles. The summed E-state index contributed by atoms with van der Waals surface area (Å²) in [7, 11) is 0. The van der Waals surface area contributed by atoms with Crippen molar-refractivity contribution in [2.45, 2.75) is 32.2 Å². The van der Waals surface area contributed by atoms with E-state index in [1.807, 2.05) is 49.4 Å². The van der Waals surface area contributed by atoms with Gasteiger partial charge >= 0.3 is 5.97 Å². The quantitative estimate of drug-likeness (QED) is 0.860. The fourth-order valence-corrected chi connectivity index (χ4v) is 3.37. The minimum Gasteiger partial charge on any atom is -0.481 e. The largest absolute Gasteiger partial charge is 0.481 e. The Morgan fingerprint density at radius 2 is 1.86 bits per heavy atom.